The molecule has 3 aromatic carbocycles. The van der Waals surface area contributed by atoms with Gasteiger partial charge in [0.25, 0.3) is 0 Å². The van der Waals surface area contributed by atoms with Crippen molar-refractivity contribution >= 4 is 27.6 Å². The van der Waals surface area contributed by atoms with E-state index in [1.165, 1.54) is 6.07 Å². The van der Waals surface area contributed by atoms with Crippen LogP contribution in [0.3, 0.4) is 0 Å². The van der Waals surface area contributed by atoms with E-state index in [1.54, 1.807) is 6.07 Å². The highest BCUT2D eigenvalue weighted by Crippen LogP contribution is 2.40. The number of fused-ring (bicyclic) bond motifs is 3. The number of carbonyl (C=O) groups excluding carboxylic acids is 1. The Morgan fingerprint density at radius 1 is 1.05 bits per heavy atom. The molecule has 1 aliphatic heterocycles. The van der Waals surface area contributed by atoms with Crippen LogP contribution in [0.1, 0.15) is 61.1 Å². The molecule has 5 aromatic rings. The van der Waals surface area contributed by atoms with Crippen LogP contribution in [0.15, 0.2) is 54.6 Å². The van der Waals surface area contributed by atoms with Gasteiger partial charge in [0.1, 0.15) is 17.3 Å². The number of nitrogens with zero attached hydrogens (tertiary/aromatic N) is 2. The minimum Gasteiger partial charge on any atom is -0.493 e. The molecule has 0 spiro atoms. The number of nitrogens with one attached hydrogen (secondary N) is 2. The van der Waals surface area contributed by atoms with Gasteiger partial charge in [-0.25, -0.2) is 9.18 Å². The predicted molar refractivity (Wildman–Crippen MR) is 166 cm³/mol. The largest absolute Gasteiger partial charge is 0.493 e. The molecule has 0 unspecified atom stereocenters. The number of H-pyrrole nitrogens is 1. The van der Waals surface area contributed by atoms with Crippen LogP contribution in [-0.4, -0.2) is 40.5 Å². The number of aromatic amines is 1. The fourth-order valence-electron chi connectivity index (χ4n) is 6.06. The van der Waals surface area contributed by atoms with E-state index in [1.807, 2.05) is 42.7 Å². The molecule has 0 aliphatic carbocycles. The van der Waals surface area contributed by atoms with E-state index in [-0.39, 0.29) is 25.8 Å². The summed E-state index contributed by atoms with van der Waals surface area (Å²) in [5.41, 5.74) is 4.91. The van der Waals surface area contributed by atoms with Gasteiger partial charge in [0, 0.05) is 40.7 Å². The highest BCUT2D eigenvalue weighted by atomic mass is 19.1. The third-order valence-corrected chi connectivity index (χ3v) is 7.87. The molecular formula is C34H39FN4O3. The fraction of sp³-hybridized carbons (Fsp3) is 0.353. The molecule has 0 atom stereocenters. The zero-order valence-corrected chi connectivity index (χ0v) is 23.6. The lowest BCUT2D eigenvalue weighted by atomic mass is 9.97. The lowest BCUT2D eigenvalue weighted by molar-refractivity contribution is 0.0512. The molecule has 0 fully saturated rings. The first kappa shape index (κ1) is 29.3. The van der Waals surface area contributed by atoms with Crippen LogP contribution in [0, 0.1) is 12.7 Å². The second kappa shape index (κ2) is 12.8. The number of hydrogen-bond acceptors (Lipinski definition) is 5. The molecule has 6 rings (SSSR count). The summed E-state index contributed by atoms with van der Waals surface area (Å²) in [5.74, 6) is 0.131. The van der Waals surface area contributed by atoms with Crippen molar-refractivity contribution in [2.75, 3.05) is 19.8 Å². The zero-order chi connectivity index (χ0) is 28.3. The molecular weight excluding hydrogens is 531 g/mol. The summed E-state index contributed by atoms with van der Waals surface area (Å²) in [6, 6.07) is 17.5. The SMILES string of the molecule is C.CCOC(=O)c1c(CCCOc2cccc3ccccc23)c2ccc(F)c3c2n1CCCCNCc1n[nH]c(C)c1-3. The first-order chi connectivity index (χ1) is 20.1. The average molecular weight is 571 g/mol. The number of carbonyl (C=O) groups is 1. The third-order valence-electron chi connectivity index (χ3n) is 7.87. The number of halogens is 1. The van der Waals surface area contributed by atoms with Crippen molar-refractivity contribution in [2.45, 2.75) is 60.0 Å². The van der Waals surface area contributed by atoms with Gasteiger partial charge < -0.3 is 19.4 Å². The second-order valence-electron chi connectivity index (χ2n) is 10.5. The van der Waals surface area contributed by atoms with E-state index >= 15 is 4.39 Å². The van der Waals surface area contributed by atoms with E-state index in [4.69, 9.17) is 9.47 Å². The van der Waals surface area contributed by atoms with Crippen LogP contribution in [0.2, 0.25) is 0 Å². The summed E-state index contributed by atoms with van der Waals surface area (Å²) in [4.78, 5) is 13.5. The van der Waals surface area contributed by atoms with E-state index in [9.17, 15) is 4.79 Å². The normalized spacial score (nSPS) is 13.3. The Balaban J connectivity index is 0.00000353. The predicted octanol–water partition coefficient (Wildman–Crippen LogP) is 7.34. The number of hydrogen-bond donors (Lipinski definition) is 2. The summed E-state index contributed by atoms with van der Waals surface area (Å²) < 4.78 is 29.6. The van der Waals surface area contributed by atoms with Crippen LogP contribution in [-0.2, 0) is 24.2 Å². The van der Waals surface area contributed by atoms with Crippen molar-refractivity contribution in [2.24, 2.45) is 0 Å². The van der Waals surface area contributed by atoms with Gasteiger partial charge in [-0.15, -0.1) is 0 Å². The Hall–Kier alpha value is -4.17. The molecule has 0 amide bonds. The van der Waals surface area contributed by atoms with Gasteiger partial charge in [-0.05, 0) is 75.2 Å². The second-order valence-corrected chi connectivity index (χ2v) is 10.5. The Labute approximate surface area is 246 Å². The first-order valence-corrected chi connectivity index (χ1v) is 14.4. The minimum atomic E-state index is -0.378. The van der Waals surface area contributed by atoms with E-state index in [0.717, 1.165) is 69.3 Å². The van der Waals surface area contributed by atoms with Crippen molar-refractivity contribution in [1.82, 2.24) is 20.1 Å². The minimum absolute atomic E-state index is 0. The first-order valence-electron chi connectivity index (χ1n) is 14.4. The van der Waals surface area contributed by atoms with E-state index in [0.29, 0.717) is 43.8 Å². The smallest absolute Gasteiger partial charge is 0.355 e. The van der Waals surface area contributed by atoms with Gasteiger partial charge >= 0.3 is 5.97 Å². The average Bonchev–Trinajstić information content (AvgIpc) is 3.48. The maximum Gasteiger partial charge on any atom is 0.355 e. The Morgan fingerprint density at radius 2 is 1.88 bits per heavy atom. The van der Waals surface area contributed by atoms with Crippen molar-refractivity contribution in [1.29, 1.82) is 0 Å². The Morgan fingerprint density at radius 3 is 2.74 bits per heavy atom. The molecule has 8 heteroatoms. The van der Waals surface area contributed by atoms with Gasteiger partial charge in [0.15, 0.2) is 0 Å². The van der Waals surface area contributed by atoms with Gasteiger partial charge in [-0.1, -0.05) is 43.8 Å². The molecule has 0 saturated heterocycles. The van der Waals surface area contributed by atoms with Crippen LogP contribution in [0.25, 0.3) is 32.8 Å². The highest BCUT2D eigenvalue weighted by Gasteiger charge is 2.29. The summed E-state index contributed by atoms with van der Waals surface area (Å²) >= 11 is 0. The number of aromatic nitrogens is 3. The van der Waals surface area contributed by atoms with Crippen LogP contribution >= 0.6 is 0 Å². The number of benzene rings is 3. The molecule has 2 N–H and O–H groups in total. The number of esters is 1. The van der Waals surface area contributed by atoms with E-state index < -0.39 is 0 Å². The lowest BCUT2D eigenvalue weighted by Gasteiger charge is -2.14. The Bertz CT molecular complexity index is 1720. The summed E-state index contributed by atoms with van der Waals surface area (Å²) in [5, 5.41) is 14.0. The molecule has 3 heterocycles. The van der Waals surface area contributed by atoms with Crippen molar-refractivity contribution < 1.29 is 18.7 Å². The van der Waals surface area contributed by atoms with Gasteiger partial charge in [-0.2, -0.15) is 5.10 Å². The summed E-state index contributed by atoms with van der Waals surface area (Å²) in [6.07, 6.45) is 3.03. The molecule has 220 valence electrons. The molecule has 0 bridgehead atoms. The number of rotatable bonds is 7. The maximum atomic E-state index is 15.8. The Kier molecular flexibility index (Phi) is 8.92. The lowest BCUT2D eigenvalue weighted by Crippen LogP contribution is -2.17. The number of aryl methyl sites for hydroxylation is 3. The number of ether oxygens (including phenoxy) is 2. The van der Waals surface area contributed by atoms with Crippen LogP contribution in [0.5, 0.6) is 5.75 Å². The van der Waals surface area contributed by atoms with Crippen molar-refractivity contribution in [3.8, 4) is 16.9 Å². The van der Waals surface area contributed by atoms with Crippen molar-refractivity contribution in [3.63, 3.8) is 0 Å². The summed E-state index contributed by atoms with van der Waals surface area (Å²) in [7, 11) is 0. The molecule has 1 aliphatic rings. The van der Waals surface area contributed by atoms with Gasteiger partial charge in [-0.3, -0.25) is 5.10 Å². The molecule has 42 heavy (non-hydrogen) atoms. The maximum absolute atomic E-state index is 15.8. The third kappa shape index (κ3) is 5.39. The monoisotopic (exact) mass is 570 g/mol. The standard InChI is InChI=1S/C33H35FN4O3.CH4/c1-3-40-33(39)32-24(13-9-19-41-28-14-8-11-22-10-4-5-12-23(22)28)25-15-16-26(34)30-29-21(2)36-37-27(29)20-35-17-6-7-18-38(32)31(25)30;/h4-5,8,10-12,14-16,35H,3,6-7,9,13,17-20H2,1-2H3,(H,36,37);1H4. The van der Waals surface area contributed by atoms with Crippen LogP contribution in [0.4, 0.5) is 4.39 Å². The molecule has 0 saturated carbocycles. The van der Waals surface area contributed by atoms with Crippen molar-refractivity contribution in [3.05, 3.63) is 83.1 Å². The molecule has 7 nitrogen and oxygen atoms in total. The van der Waals surface area contributed by atoms with Crippen LogP contribution < -0.4 is 10.1 Å². The summed E-state index contributed by atoms with van der Waals surface area (Å²) in [6.45, 7) is 6.40. The molecule has 2 aromatic heterocycles. The molecule has 0 radical (unpaired) electrons. The quantitative estimate of drug-likeness (QED) is 0.158. The highest BCUT2D eigenvalue weighted by molar-refractivity contribution is 6.05. The zero-order valence-electron chi connectivity index (χ0n) is 23.6. The van der Waals surface area contributed by atoms with Gasteiger partial charge in [0.05, 0.1) is 24.4 Å². The van der Waals surface area contributed by atoms with E-state index in [2.05, 4.69) is 33.7 Å². The fourth-order valence-corrected chi connectivity index (χ4v) is 6.06. The topological polar surface area (TPSA) is 81.2 Å². The van der Waals surface area contributed by atoms with Gasteiger partial charge in [0.2, 0.25) is 0 Å².